The summed E-state index contributed by atoms with van der Waals surface area (Å²) in [5.41, 5.74) is 3.90. The van der Waals surface area contributed by atoms with E-state index in [9.17, 15) is 19.6 Å². The van der Waals surface area contributed by atoms with Gasteiger partial charge in [-0.25, -0.2) is 13.9 Å². The van der Waals surface area contributed by atoms with Crippen LogP contribution in [0.3, 0.4) is 0 Å². The topological polar surface area (TPSA) is 187 Å². The highest BCUT2D eigenvalue weighted by molar-refractivity contribution is 7.51. The van der Waals surface area contributed by atoms with Gasteiger partial charge in [0, 0.05) is 13.1 Å². The Kier molecular flexibility index (Phi) is 8.33. The number of nitrogens with two attached hydrogens (primary N) is 1. The van der Waals surface area contributed by atoms with Crippen LogP contribution in [0.15, 0.2) is 36.7 Å². The molecule has 16 heteroatoms. The van der Waals surface area contributed by atoms with Gasteiger partial charge < -0.3 is 30.5 Å². The minimum Gasteiger partial charge on any atom is -0.480 e. The molecule has 40 heavy (non-hydrogen) atoms. The maximum atomic E-state index is 16.0. The van der Waals surface area contributed by atoms with E-state index in [-0.39, 0.29) is 17.3 Å². The molecule has 1 fully saturated rings. The van der Waals surface area contributed by atoms with Crippen LogP contribution in [0.5, 0.6) is 5.75 Å². The number of hydrogen-bond donors (Lipinski definition) is 4. The van der Waals surface area contributed by atoms with Crippen molar-refractivity contribution in [2.24, 2.45) is 0 Å². The van der Waals surface area contributed by atoms with Crippen molar-refractivity contribution in [3.05, 3.63) is 36.7 Å². The van der Waals surface area contributed by atoms with Crippen LogP contribution in [0.25, 0.3) is 11.2 Å². The lowest BCUT2D eigenvalue weighted by Crippen LogP contribution is -2.44. The highest BCUT2D eigenvalue weighted by atomic mass is 31.2. The van der Waals surface area contributed by atoms with Gasteiger partial charge in [-0.15, -0.1) is 0 Å². The van der Waals surface area contributed by atoms with Crippen molar-refractivity contribution in [1.29, 1.82) is 0 Å². The lowest BCUT2D eigenvalue weighted by atomic mass is 9.98. The number of aliphatic hydroxyl groups is 1. The van der Waals surface area contributed by atoms with Crippen molar-refractivity contribution >= 4 is 36.6 Å². The summed E-state index contributed by atoms with van der Waals surface area (Å²) in [4.78, 5) is 24.3. The molecule has 6 atom stereocenters. The fraction of sp³-hybridized carbons (Fsp3) is 0.500. The molecule has 0 bridgehead atoms. The van der Waals surface area contributed by atoms with Gasteiger partial charge in [0.05, 0.1) is 12.9 Å². The number of halogens is 1. The van der Waals surface area contributed by atoms with E-state index in [1.54, 1.807) is 39.1 Å². The van der Waals surface area contributed by atoms with Gasteiger partial charge in [-0.2, -0.15) is 14.6 Å². The smallest absolute Gasteiger partial charge is 0.462 e. The van der Waals surface area contributed by atoms with Crippen molar-refractivity contribution < 1.29 is 37.7 Å². The molecule has 0 saturated carbocycles. The Morgan fingerprint density at radius 3 is 2.60 bits per heavy atom. The third kappa shape index (κ3) is 5.47. The van der Waals surface area contributed by atoms with Crippen LogP contribution < -0.4 is 15.6 Å². The van der Waals surface area contributed by atoms with E-state index in [0.29, 0.717) is 11.3 Å². The van der Waals surface area contributed by atoms with E-state index in [2.05, 4.69) is 20.3 Å². The fourth-order valence-corrected chi connectivity index (χ4v) is 6.70. The molecule has 1 aliphatic heterocycles. The largest absolute Gasteiger partial charge is 0.480 e. The van der Waals surface area contributed by atoms with E-state index >= 15 is 4.39 Å². The Hall–Kier alpha value is -3.36. The number of aliphatic hydroxyl groups excluding tert-OH is 1. The number of carbonyl (C=O) groups is 1. The number of rotatable bonds is 11. The molecule has 0 aliphatic carbocycles. The number of imidazole rings is 1. The van der Waals surface area contributed by atoms with Crippen molar-refractivity contribution in [2.75, 3.05) is 24.7 Å². The van der Waals surface area contributed by atoms with Crippen LogP contribution in [0.1, 0.15) is 33.9 Å². The maximum absolute atomic E-state index is 16.0. The molecule has 1 unspecified atom stereocenters. The molecular weight excluding hydrogens is 548 g/mol. The average Bonchev–Trinajstić information content (AvgIpc) is 3.40. The maximum Gasteiger partial charge on any atom is 0.462 e. The zero-order valence-electron chi connectivity index (χ0n) is 22.6. The number of benzene rings is 1. The van der Waals surface area contributed by atoms with Crippen LogP contribution in [0.2, 0.25) is 0 Å². The van der Waals surface area contributed by atoms with Crippen LogP contribution in [-0.2, 0) is 18.6 Å². The Morgan fingerprint density at radius 1 is 1.32 bits per heavy atom. The van der Waals surface area contributed by atoms with Gasteiger partial charge in [0.15, 0.2) is 28.9 Å². The van der Waals surface area contributed by atoms with Crippen molar-refractivity contribution in [3.8, 4) is 5.75 Å². The van der Waals surface area contributed by atoms with E-state index in [1.807, 2.05) is 0 Å². The molecule has 2 aromatic heterocycles. The lowest BCUT2D eigenvalue weighted by molar-refractivity contribution is -0.141. The van der Waals surface area contributed by atoms with E-state index in [4.69, 9.17) is 19.5 Å². The number of aromatic nitrogens is 4. The first-order valence-electron chi connectivity index (χ1n) is 12.5. The van der Waals surface area contributed by atoms with Gasteiger partial charge in [-0.3, -0.25) is 13.9 Å². The second-order valence-electron chi connectivity index (χ2n) is 9.78. The van der Waals surface area contributed by atoms with E-state index in [1.165, 1.54) is 30.0 Å². The van der Waals surface area contributed by atoms with Crippen molar-refractivity contribution in [2.45, 2.75) is 63.9 Å². The number of nitrogens with zero attached hydrogens (tertiary/aromatic N) is 5. The summed E-state index contributed by atoms with van der Waals surface area (Å²) >= 11 is 0. The predicted octanol–water partition coefficient (Wildman–Crippen LogP) is 2.82. The quantitative estimate of drug-likeness (QED) is 0.242. The highest BCUT2D eigenvalue weighted by Crippen LogP contribution is 2.55. The number of nitrogens with one attached hydrogen (secondary N) is 1. The minimum absolute atomic E-state index is 0.0853. The minimum atomic E-state index is -4.40. The molecule has 0 spiro atoms. The first-order chi connectivity index (χ1) is 18.8. The molecule has 1 aromatic carbocycles. The monoisotopic (exact) mass is 581 g/mol. The van der Waals surface area contributed by atoms with Gasteiger partial charge in [0.1, 0.15) is 24.0 Å². The second kappa shape index (κ2) is 11.3. The first kappa shape index (κ1) is 29.6. The number of nitrogen functional groups attached to an aromatic ring is 1. The molecule has 218 valence electrons. The second-order valence-corrected chi connectivity index (χ2v) is 11.6. The average molecular weight is 582 g/mol. The molecule has 0 amide bonds. The number of para-hydroxylation sites is 1. The summed E-state index contributed by atoms with van der Waals surface area (Å²) in [5, 5.41) is 23.5. The van der Waals surface area contributed by atoms with Gasteiger partial charge in [0.2, 0.25) is 5.95 Å². The molecule has 14 nitrogen and oxygen atoms in total. The zero-order chi connectivity index (χ0) is 29.4. The number of carboxylic acids is 1. The van der Waals surface area contributed by atoms with Crippen LogP contribution in [0, 0.1) is 0 Å². The summed E-state index contributed by atoms with van der Waals surface area (Å²) in [6.45, 7) is 5.17. The Balaban J connectivity index is 1.65. The fourth-order valence-electron chi connectivity index (χ4n) is 4.61. The summed E-state index contributed by atoms with van der Waals surface area (Å²) in [7, 11) is -2.78. The van der Waals surface area contributed by atoms with E-state index < -0.39 is 56.5 Å². The molecular formula is C24H33FN7O7P. The summed E-state index contributed by atoms with van der Waals surface area (Å²) < 4.78 is 50.0. The Labute approximate surface area is 229 Å². The molecule has 4 rings (SSSR count). The lowest BCUT2D eigenvalue weighted by Gasteiger charge is -2.35. The number of carboxylic acid groups (broad SMARTS) is 1. The molecule has 0 radical (unpaired) electrons. The molecule has 3 aromatic rings. The summed E-state index contributed by atoms with van der Waals surface area (Å²) in [6.07, 6.45) is -3.21. The van der Waals surface area contributed by atoms with Gasteiger partial charge in [-0.05, 0) is 39.8 Å². The SMILES string of the molecule is CNc1nc(N)nc2c1ncn2[C@@H]1O[C@H](COP(=O)(Oc2ccccc2)N(C(C)C)[C@@H](C)C(=O)O)[C@@H](O)[C@@]1(C)F. The molecule has 5 N–H and O–H groups in total. The Bertz CT molecular complexity index is 1410. The number of aliphatic carboxylic acids is 1. The highest BCUT2D eigenvalue weighted by Gasteiger charge is 2.56. The van der Waals surface area contributed by atoms with Crippen LogP contribution in [0.4, 0.5) is 16.2 Å². The normalized spacial score (nSPS) is 25.3. The number of ether oxygens (including phenoxy) is 1. The van der Waals surface area contributed by atoms with Crippen molar-refractivity contribution in [3.63, 3.8) is 0 Å². The summed E-state index contributed by atoms with van der Waals surface area (Å²) in [5.74, 6) is -0.854. The van der Waals surface area contributed by atoms with Crippen LogP contribution in [-0.4, -0.2) is 84.0 Å². The number of alkyl halides is 1. The predicted molar refractivity (Wildman–Crippen MR) is 143 cm³/mol. The summed E-state index contributed by atoms with van der Waals surface area (Å²) in [6, 6.07) is 6.22. The third-order valence-corrected chi connectivity index (χ3v) is 8.87. The zero-order valence-corrected chi connectivity index (χ0v) is 23.5. The first-order valence-corrected chi connectivity index (χ1v) is 14.0. The standard InChI is InChI=1S/C24H33FN7O7P/c1-13(2)32(14(3)21(34)35)40(36,39-15-9-7-6-8-10-15)37-11-16-18(33)24(4,25)22(38-16)31-12-28-17-19(27-5)29-23(26)30-20(17)31/h6-10,12-14,16,18,22,33H,11H2,1-5H3,(H,34,35)(H3,26,27,29,30)/t14-,16+,18+,22+,24+,40?/m0/s1. The third-order valence-electron chi connectivity index (χ3n) is 6.58. The van der Waals surface area contributed by atoms with Crippen LogP contribution >= 0.6 is 7.75 Å². The van der Waals surface area contributed by atoms with Gasteiger partial charge in [0.25, 0.3) is 0 Å². The number of fused-ring (bicyclic) bond motifs is 1. The van der Waals surface area contributed by atoms with E-state index in [0.717, 1.165) is 11.6 Å². The molecule has 3 heterocycles. The van der Waals surface area contributed by atoms with Crippen molar-refractivity contribution in [1.82, 2.24) is 24.2 Å². The van der Waals surface area contributed by atoms with Gasteiger partial charge >= 0.3 is 13.7 Å². The van der Waals surface area contributed by atoms with Gasteiger partial charge in [-0.1, -0.05) is 18.2 Å². The number of anilines is 2. The molecule has 1 aliphatic rings. The molecule has 1 saturated heterocycles. The number of hydrogen-bond acceptors (Lipinski definition) is 11. The Morgan fingerprint density at radius 2 is 2.00 bits per heavy atom.